The van der Waals surface area contributed by atoms with Crippen LogP contribution in [-0.4, -0.2) is 48.4 Å². The predicted octanol–water partition coefficient (Wildman–Crippen LogP) is 3.77. The highest BCUT2D eigenvalue weighted by atomic mass is 16.2. The quantitative estimate of drug-likeness (QED) is 0.812. The maximum Gasteiger partial charge on any atom is 0.319 e. The standard InChI is InChI=1S/C24H31N3O2/c1-26(2)23(29)27-18-10-9-15-21(27)16-17-24(22(25)28,19-11-5-3-6-12-19)20-13-7-4-8-14-20/h3-8,11-14,21H,9-10,15-18H2,1-2H3,(H2,25,28). The lowest BCUT2D eigenvalue weighted by Crippen LogP contribution is -2.49. The van der Waals surface area contributed by atoms with Crippen molar-refractivity contribution in [3.8, 4) is 0 Å². The summed E-state index contributed by atoms with van der Waals surface area (Å²) in [6.45, 7) is 0.766. The fraction of sp³-hybridized carbons (Fsp3) is 0.417. The zero-order chi connectivity index (χ0) is 20.9. The maximum atomic E-state index is 13.0. The smallest absolute Gasteiger partial charge is 0.319 e. The minimum atomic E-state index is -0.910. The molecule has 0 saturated carbocycles. The van der Waals surface area contributed by atoms with E-state index in [0.717, 1.165) is 43.4 Å². The van der Waals surface area contributed by atoms with Crippen molar-refractivity contribution in [3.05, 3.63) is 71.8 Å². The molecule has 1 saturated heterocycles. The molecule has 0 aromatic heterocycles. The Morgan fingerprint density at radius 2 is 1.55 bits per heavy atom. The molecule has 1 aliphatic rings. The molecule has 1 atom stereocenters. The molecule has 5 heteroatoms. The summed E-state index contributed by atoms with van der Waals surface area (Å²) in [5.74, 6) is -0.351. The molecule has 0 aliphatic carbocycles. The van der Waals surface area contributed by atoms with Crippen molar-refractivity contribution >= 4 is 11.9 Å². The van der Waals surface area contributed by atoms with Crippen molar-refractivity contribution in [1.82, 2.24) is 9.80 Å². The van der Waals surface area contributed by atoms with Crippen LogP contribution in [0.1, 0.15) is 43.2 Å². The van der Waals surface area contributed by atoms with Crippen molar-refractivity contribution in [3.63, 3.8) is 0 Å². The number of piperidine rings is 1. The number of nitrogens with two attached hydrogens (primary N) is 1. The Hall–Kier alpha value is -2.82. The first-order chi connectivity index (χ1) is 14.0. The van der Waals surface area contributed by atoms with Crippen molar-refractivity contribution in [2.45, 2.75) is 43.6 Å². The van der Waals surface area contributed by atoms with Crippen LogP contribution in [0.2, 0.25) is 0 Å². The molecule has 2 aromatic carbocycles. The molecule has 29 heavy (non-hydrogen) atoms. The summed E-state index contributed by atoms with van der Waals surface area (Å²) in [6, 6.07) is 19.7. The highest BCUT2D eigenvalue weighted by Gasteiger charge is 2.41. The van der Waals surface area contributed by atoms with Gasteiger partial charge in [-0.15, -0.1) is 0 Å². The lowest BCUT2D eigenvalue weighted by atomic mass is 9.69. The van der Waals surface area contributed by atoms with Gasteiger partial charge in [0.05, 0.1) is 5.41 Å². The average molecular weight is 394 g/mol. The van der Waals surface area contributed by atoms with Crippen LogP contribution in [0.15, 0.2) is 60.7 Å². The van der Waals surface area contributed by atoms with E-state index in [1.54, 1.807) is 19.0 Å². The van der Waals surface area contributed by atoms with Crippen LogP contribution in [0.3, 0.4) is 0 Å². The van der Waals surface area contributed by atoms with Crippen LogP contribution >= 0.6 is 0 Å². The highest BCUT2D eigenvalue weighted by Crippen LogP contribution is 2.38. The summed E-state index contributed by atoms with van der Waals surface area (Å²) in [6.07, 6.45) is 4.37. The molecule has 0 radical (unpaired) electrons. The number of hydrogen-bond donors (Lipinski definition) is 1. The van der Waals surface area contributed by atoms with E-state index < -0.39 is 5.41 Å². The van der Waals surface area contributed by atoms with Crippen molar-refractivity contribution < 1.29 is 9.59 Å². The summed E-state index contributed by atoms with van der Waals surface area (Å²) in [5.41, 5.74) is 6.96. The van der Waals surface area contributed by atoms with Gasteiger partial charge in [0.1, 0.15) is 0 Å². The Kier molecular flexibility index (Phi) is 6.57. The third kappa shape index (κ3) is 4.29. The summed E-state index contributed by atoms with van der Waals surface area (Å²) < 4.78 is 0. The molecule has 3 rings (SSSR count). The number of benzene rings is 2. The number of likely N-dealkylation sites (tertiary alicyclic amines) is 1. The first-order valence-corrected chi connectivity index (χ1v) is 10.4. The Balaban J connectivity index is 1.95. The maximum absolute atomic E-state index is 13.0. The van der Waals surface area contributed by atoms with E-state index in [9.17, 15) is 9.59 Å². The number of hydrogen-bond acceptors (Lipinski definition) is 2. The zero-order valence-electron chi connectivity index (χ0n) is 17.4. The predicted molar refractivity (Wildman–Crippen MR) is 116 cm³/mol. The second-order valence-corrected chi connectivity index (χ2v) is 8.06. The van der Waals surface area contributed by atoms with Crippen LogP contribution in [0.25, 0.3) is 0 Å². The third-order valence-corrected chi connectivity index (χ3v) is 6.06. The molecule has 1 fully saturated rings. The number of primary amides is 1. The molecule has 2 N–H and O–H groups in total. The van der Waals surface area contributed by atoms with Gasteiger partial charge in [0, 0.05) is 26.7 Å². The van der Waals surface area contributed by atoms with Gasteiger partial charge in [0.2, 0.25) is 5.91 Å². The van der Waals surface area contributed by atoms with Crippen LogP contribution in [-0.2, 0) is 10.2 Å². The van der Waals surface area contributed by atoms with E-state index in [1.807, 2.05) is 65.6 Å². The number of nitrogens with zero attached hydrogens (tertiary/aromatic N) is 2. The summed E-state index contributed by atoms with van der Waals surface area (Å²) >= 11 is 0. The van der Waals surface area contributed by atoms with Crippen molar-refractivity contribution in [1.29, 1.82) is 0 Å². The molecule has 1 heterocycles. The molecule has 1 aliphatic heterocycles. The fourth-order valence-corrected chi connectivity index (χ4v) is 4.50. The Morgan fingerprint density at radius 3 is 2.03 bits per heavy atom. The van der Waals surface area contributed by atoms with Gasteiger partial charge in [-0.2, -0.15) is 0 Å². The van der Waals surface area contributed by atoms with Gasteiger partial charge in [0.25, 0.3) is 0 Å². The van der Waals surface area contributed by atoms with Crippen LogP contribution in [0.5, 0.6) is 0 Å². The molecular formula is C24H31N3O2. The van der Waals surface area contributed by atoms with Crippen LogP contribution in [0.4, 0.5) is 4.79 Å². The van der Waals surface area contributed by atoms with E-state index >= 15 is 0 Å². The van der Waals surface area contributed by atoms with Gasteiger partial charge in [0.15, 0.2) is 0 Å². The van der Waals surface area contributed by atoms with E-state index in [2.05, 4.69) is 0 Å². The molecular weight excluding hydrogens is 362 g/mol. The van der Waals surface area contributed by atoms with Gasteiger partial charge in [-0.3, -0.25) is 4.79 Å². The summed E-state index contributed by atoms with van der Waals surface area (Å²) in [7, 11) is 3.57. The lowest BCUT2D eigenvalue weighted by Gasteiger charge is -2.40. The van der Waals surface area contributed by atoms with E-state index in [-0.39, 0.29) is 18.0 Å². The minimum absolute atomic E-state index is 0.0406. The first kappa shape index (κ1) is 20.9. The Bertz CT molecular complexity index is 781. The van der Waals surface area contributed by atoms with E-state index in [0.29, 0.717) is 6.42 Å². The van der Waals surface area contributed by atoms with Crippen LogP contribution < -0.4 is 5.73 Å². The second-order valence-electron chi connectivity index (χ2n) is 8.06. The lowest BCUT2D eigenvalue weighted by molar-refractivity contribution is -0.122. The van der Waals surface area contributed by atoms with E-state index in [4.69, 9.17) is 5.73 Å². The average Bonchev–Trinajstić information content (AvgIpc) is 2.75. The van der Waals surface area contributed by atoms with Crippen molar-refractivity contribution in [2.75, 3.05) is 20.6 Å². The number of amides is 3. The Labute approximate surface area is 173 Å². The number of carbonyl (C=O) groups is 2. The third-order valence-electron chi connectivity index (χ3n) is 6.06. The summed E-state index contributed by atoms with van der Waals surface area (Å²) in [5, 5.41) is 0. The monoisotopic (exact) mass is 393 g/mol. The fourth-order valence-electron chi connectivity index (χ4n) is 4.50. The molecule has 1 unspecified atom stereocenters. The normalized spacial score (nSPS) is 17.0. The Morgan fingerprint density at radius 1 is 1.00 bits per heavy atom. The number of rotatable bonds is 6. The van der Waals surface area contributed by atoms with Gasteiger partial charge in [-0.25, -0.2) is 4.79 Å². The van der Waals surface area contributed by atoms with Gasteiger partial charge >= 0.3 is 6.03 Å². The first-order valence-electron chi connectivity index (χ1n) is 10.4. The molecule has 5 nitrogen and oxygen atoms in total. The topological polar surface area (TPSA) is 66.6 Å². The van der Waals surface area contributed by atoms with Gasteiger partial charge < -0.3 is 15.5 Å². The summed E-state index contributed by atoms with van der Waals surface area (Å²) in [4.78, 5) is 29.2. The van der Waals surface area contributed by atoms with Crippen molar-refractivity contribution in [2.24, 2.45) is 5.73 Å². The zero-order valence-corrected chi connectivity index (χ0v) is 17.4. The molecule has 0 spiro atoms. The van der Waals surface area contributed by atoms with E-state index in [1.165, 1.54) is 0 Å². The minimum Gasteiger partial charge on any atom is -0.369 e. The van der Waals surface area contributed by atoms with Gasteiger partial charge in [-0.1, -0.05) is 60.7 Å². The molecule has 2 aromatic rings. The largest absolute Gasteiger partial charge is 0.369 e. The SMILES string of the molecule is CN(C)C(=O)N1CCCCC1CCC(C(N)=O)(c1ccccc1)c1ccccc1. The van der Waals surface area contributed by atoms with Crippen LogP contribution in [0, 0.1) is 0 Å². The highest BCUT2D eigenvalue weighted by molar-refractivity contribution is 5.90. The van der Waals surface area contributed by atoms with Gasteiger partial charge in [-0.05, 0) is 43.2 Å². The second kappa shape index (κ2) is 9.12. The number of carbonyl (C=O) groups excluding carboxylic acids is 2. The molecule has 154 valence electrons. The molecule has 3 amide bonds. The molecule has 0 bridgehead atoms. The number of urea groups is 1.